The molecule has 6 nitrogen and oxygen atoms in total. The summed E-state index contributed by atoms with van der Waals surface area (Å²) in [5.74, 6) is -0.902. The summed E-state index contributed by atoms with van der Waals surface area (Å²) in [5, 5.41) is 5.37. The third-order valence-corrected chi connectivity index (χ3v) is 3.24. The van der Waals surface area contributed by atoms with Crippen LogP contribution in [-0.4, -0.2) is 30.0 Å². The maximum absolute atomic E-state index is 12.0. The molecule has 0 spiro atoms. The van der Waals surface area contributed by atoms with Gasteiger partial charge in [-0.25, -0.2) is 0 Å². The summed E-state index contributed by atoms with van der Waals surface area (Å²) in [7, 11) is 0. The largest absolute Gasteiger partial charge is 0.435 e. The van der Waals surface area contributed by atoms with E-state index in [4.69, 9.17) is 11.6 Å². The monoisotopic (exact) mass is 369 g/mol. The topological polar surface area (TPSA) is 80.3 Å². The van der Waals surface area contributed by atoms with Crippen molar-refractivity contribution in [1.29, 1.82) is 0 Å². The van der Waals surface area contributed by atoms with Gasteiger partial charge in [0.1, 0.15) is 11.4 Å². The number of rotatable bonds is 7. The molecule has 0 unspecified atom stereocenters. The number of carbonyl (C=O) groups excluding carboxylic acids is 2. The van der Waals surface area contributed by atoms with E-state index in [-0.39, 0.29) is 24.5 Å². The summed E-state index contributed by atoms with van der Waals surface area (Å²) < 4.78 is 28.3. The van der Waals surface area contributed by atoms with Gasteiger partial charge in [0.05, 0.1) is 6.54 Å². The van der Waals surface area contributed by atoms with Crippen LogP contribution in [-0.2, 0) is 11.3 Å². The average Bonchev–Trinajstić information content (AvgIpc) is 2.58. The molecule has 0 radical (unpaired) electrons. The van der Waals surface area contributed by atoms with Crippen molar-refractivity contribution in [3.63, 3.8) is 0 Å². The van der Waals surface area contributed by atoms with Crippen LogP contribution in [0.5, 0.6) is 5.75 Å². The van der Waals surface area contributed by atoms with Crippen LogP contribution >= 0.6 is 11.6 Å². The SMILES string of the molecule is O=C(CNC(=O)c1cc(Cl)ccn1)NCc1ccc(OC(F)F)cc1. The van der Waals surface area contributed by atoms with Crippen molar-refractivity contribution >= 4 is 23.4 Å². The van der Waals surface area contributed by atoms with Crippen LogP contribution in [0.25, 0.3) is 0 Å². The molecule has 0 fully saturated rings. The molecule has 25 heavy (non-hydrogen) atoms. The fraction of sp³-hybridized carbons (Fsp3) is 0.188. The number of nitrogens with zero attached hydrogens (tertiary/aromatic N) is 1. The molecular weight excluding hydrogens is 356 g/mol. The molecule has 0 saturated carbocycles. The lowest BCUT2D eigenvalue weighted by atomic mass is 10.2. The standard InChI is InChI=1S/C16H14ClF2N3O3/c17-11-5-6-20-13(7-11)15(24)22-9-14(23)21-8-10-1-3-12(4-2-10)25-16(18)19/h1-7,16H,8-9H2,(H,21,23)(H,22,24). The summed E-state index contributed by atoms with van der Waals surface area (Å²) in [4.78, 5) is 27.4. The van der Waals surface area contributed by atoms with Crippen molar-refractivity contribution in [1.82, 2.24) is 15.6 Å². The van der Waals surface area contributed by atoms with Crippen LogP contribution in [0.2, 0.25) is 5.02 Å². The van der Waals surface area contributed by atoms with Crippen LogP contribution < -0.4 is 15.4 Å². The van der Waals surface area contributed by atoms with Gasteiger partial charge in [0, 0.05) is 17.8 Å². The Morgan fingerprint density at radius 2 is 1.88 bits per heavy atom. The zero-order chi connectivity index (χ0) is 18.2. The Bertz CT molecular complexity index is 742. The van der Waals surface area contributed by atoms with Crippen LogP contribution in [0.3, 0.4) is 0 Å². The van der Waals surface area contributed by atoms with E-state index in [1.165, 1.54) is 30.5 Å². The lowest BCUT2D eigenvalue weighted by Crippen LogP contribution is -2.36. The molecule has 0 aliphatic rings. The number of alkyl halides is 2. The number of ether oxygens (including phenoxy) is 1. The predicted molar refractivity (Wildman–Crippen MR) is 86.5 cm³/mol. The third-order valence-electron chi connectivity index (χ3n) is 3.00. The minimum absolute atomic E-state index is 0.0337. The van der Waals surface area contributed by atoms with Gasteiger partial charge in [-0.2, -0.15) is 8.78 Å². The van der Waals surface area contributed by atoms with E-state index in [9.17, 15) is 18.4 Å². The van der Waals surface area contributed by atoms with Crippen molar-refractivity contribution in [3.8, 4) is 5.75 Å². The molecule has 2 rings (SSSR count). The Morgan fingerprint density at radius 1 is 1.16 bits per heavy atom. The van der Waals surface area contributed by atoms with Gasteiger partial charge in [0.25, 0.3) is 5.91 Å². The molecule has 0 atom stereocenters. The summed E-state index contributed by atoms with van der Waals surface area (Å²) >= 11 is 5.76. The van der Waals surface area contributed by atoms with Crippen LogP contribution in [0.15, 0.2) is 42.6 Å². The van der Waals surface area contributed by atoms with Gasteiger partial charge in [-0.05, 0) is 29.8 Å². The molecule has 2 aromatic rings. The maximum atomic E-state index is 12.0. The van der Waals surface area contributed by atoms with Crippen molar-refractivity contribution in [2.45, 2.75) is 13.2 Å². The van der Waals surface area contributed by atoms with Gasteiger partial charge in [-0.3, -0.25) is 14.6 Å². The Hall–Kier alpha value is -2.74. The first kappa shape index (κ1) is 18.6. The van der Waals surface area contributed by atoms with E-state index in [2.05, 4.69) is 20.4 Å². The number of nitrogens with one attached hydrogen (secondary N) is 2. The van der Waals surface area contributed by atoms with E-state index in [1.807, 2.05) is 0 Å². The zero-order valence-electron chi connectivity index (χ0n) is 12.8. The zero-order valence-corrected chi connectivity index (χ0v) is 13.6. The summed E-state index contributed by atoms with van der Waals surface area (Å²) in [6.45, 7) is -2.94. The second-order valence-electron chi connectivity index (χ2n) is 4.84. The first-order valence-corrected chi connectivity index (χ1v) is 7.52. The molecule has 1 heterocycles. The Kier molecular flexibility index (Phi) is 6.64. The lowest BCUT2D eigenvalue weighted by molar-refractivity contribution is -0.120. The second kappa shape index (κ2) is 8.93. The number of hydrogen-bond acceptors (Lipinski definition) is 4. The molecule has 2 amide bonds. The van der Waals surface area contributed by atoms with Crippen molar-refractivity contribution in [3.05, 3.63) is 58.9 Å². The molecule has 0 bridgehead atoms. The molecule has 1 aromatic heterocycles. The fourth-order valence-electron chi connectivity index (χ4n) is 1.83. The number of pyridine rings is 1. The van der Waals surface area contributed by atoms with E-state index in [0.717, 1.165) is 0 Å². The Labute approximate surface area is 147 Å². The van der Waals surface area contributed by atoms with Crippen molar-refractivity contribution in [2.24, 2.45) is 0 Å². The maximum Gasteiger partial charge on any atom is 0.387 e. The van der Waals surface area contributed by atoms with E-state index < -0.39 is 18.4 Å². The fourth-order valence-corrected chi connectivity index (χ4v) is 1.99. The molecule has 132 valence electrons. The molecule has 2 N–H and O–H groups in total. The number of benzene rings is 1. The van der Waals surface area contributed by atoms with E-state index >= 15 is 0 Å². The van der Waals surface area contributed by atoms with Crippen molar-refractivity contribution < 1.29 is 23.1 Å². The highest BCUT2D eigenvalue weighted by molar-refractivity contribution is 6.30. The average molecular weight is 370 g/mol. The number of halogens is 3. The van der Waals surface area contributed by atoms with Crippen LogP contribution in [0.4, 0.5) is 8.78 Å². The molecule has 0 saturated heterocycles. The highest BCUT2D eigenvalue weighted by Crippen LogP contribution is 2.14. The highest BCUT2D eigenvalue weighted by atomic mass is 35.5. The van der Waals surface area contributed by atoms with Crippen LogP contribution in [0.1, 0.15) is 16.1 Å². The molecule has 9 heteroatoms. The normalized spacial score (nSPS) is 10.4. The summed E-state index contributed by atoms with van der Waals surface area (Å²) in [5.41, 5.74) is 0.799. The van der Waals surface area contributed by atoms with Gasteiger partial charge in [-0.15, -0.1) is 0 Å². The summed E-state index contributed by atoms with van der Waals surface area (Å²) in [6, 6.07) is 8.76. The van der Waals surface area contributed by atoms with Gasteiger partial charge in [0.15, 0.2) is 0 Å². The summed E-state index contributed by atoms with van der Waals surface area (Å²) in [6.07, 6.45) is 1.39. The molecule has 1 aromatic carbocycles. The number of carbonyl (C=O) groups is 2. The predicted octanol–water partition coefficient (Wildman–Crippen LogP) is 2.38. The number of amides is 2. The number of aromatic nitrogens is 1. The quantitative estimate of drug-likeness (QED) is 0.785. The minimum Gasteiger partial charge on any atom is -0.435 e. The Balaban J connectivity index is 1.76. The first-order chi connectivity index (χ1) is 11.9. The van der Waals surface area contributed by atoms with E-state index in [1.54, 1.807) is 12.1 Å². The van der Waals surface area contributed by atoms with Gasteiger partial charge in [0.2, 0.25) is 5.91 Å². The molecule has 0 aliphatic heterocycles. The first-order valence-electron chi connectivity index (χ1n) is 7.14. The van der Waals surface area contributed by atoms with Gasteiger partial charge >= 0.3 is 6.61 Å². The lowest BCUT2D eigenvalue weighted by Gasteiger charge is -2.08. The minimum atomic E-state index is -2.89. The van der Waals surface area contributed by atoms with Gasteiger partial charge < -0.3 is 15.4 Å². The second-order valence-corrected chi connectivity index (χ2v) is 5.28. The highest BCUT2D eigenvalue weighted by Gasteiger charge is 2.10. The van der Waals surface area contributed by atoms with E-state index in [0.29, 0.717) is 10.6 Å². The third kappa shape index (κ3) is 6.34. The Morgan fingerprint density at radius 3 is 2.52 bits per heavy atom. The van der Waals surface area contributed by atoms with Gasteiger partial charge in [-0.1, -0.05) is 23.7 Å². The molecule has 0 aliphatic carbocycles. The smallest absolute Gasteiger partial charge is 0.387 e. The van der Waals surface area contributed by atoms with Crippen molar-refractivity contribution in [2.75, 3.05) is 6.54 Å². The molecular formula is C16H14ClF2N3O3. The number of hydrogen-bond donors (Lipinski definition) is 2. The van der Waals surface area contributed by atoms with Crippen LogP contribution in [0, 0.1) is 0 Å².